The predicted octanol–water partition coefficient (Wildman–Crippen LogP) is 4.23. The zero-order valence-corrected chi connectivity index (χ0v) is 12.6. The van der Waals surface area contributed by atoms with Crippen molar-refractivity contribution >= 4 is 0 Å². The van der Waals surface area contributed by atoms with E-state index in [2.05, 4.69) is 37.4 Å². The summed E-state index contributed by atoms with van der Waals surface area (Å²) in [4.78, 5) is 0. The van der Waals surface area contributed by atoms with E-state index < -0.39 is 0 Å². The molecule has 0 amide bonds. The second-order valence-corrected chi connectivity index (χ2v) is 5.73. The smallest absolute Gasteiger partial charge is 0.127 e. The number of hydrogen-bond donors (Lipinski definition) is 1. The van der Waals surface area contributed by atoms with Crippen LogP contribution in [0.5, 0.6) is 5.75 Å². The molecule has 3 rings (SSSR count). The van der Waals surface area contributed by atoms with Crippen LogP contribution in [0.4, 0.5) is 4.39 Å². The van der Waals surface area contributed by atoms with Crippen LogP contribution in [0.1, 0.15) is 40.8 Å². The molecule has 2 aromatic carbocycles. The van der Waals surface area contributed by atoms with Gasteiger partial charge in [-0.15, -0.1) is 0 Å². The van der Waals surface area contributed by atoms with Gasteiger partial charge < -0.3 is 10.1 Å². The fourth-order valence-corrected chi connectivity index (χ4v) is 3.09. The molecule has 2 nitrogen and oxygen atoms in total. The maximum absolute atomic E-state index is 13.5. The first kappa shape index (κ1) is 14.1. The number of rotatable bonds is 2. The Bertz CT molecular complexity index is 668. The van der Waals surface area contributed by atoms with E-state index in [1.165, 1.54) is 28.8 Å². The lowest BCUT2D eigenvalue weighted by molar-refractivity contribution is 0.152. The average molecular weight is 285 g/mol. The van der Waals surface area contributed by atoms with E-state index in [1.807, 2.05) is 13.1 Å². The summed E-state index contributed by atoms with van der Waals surface area (Å²) in [5.41, 5.74) is 4.66. The molecule has 21 heavy (non-hydrogen) atoms. The number of ether oxygens (including phenoxy) is 1. The summed E-state index contributed by atoms with van der Waals surface area (Å²) in [7, 11) is 1.93. The minimum atomic E-state index is -0.259. The summed E-state index contributed by atoms with van der Waals surface area (Å²) < 4.78 is 19.6. The third-order valence-electron chi connectivity index (χ3n) is 4.19. The highest BCUT2D eigenvalue weighted by atomic mass is 19.1. The van der Waals surface area contributed by atoms with Crippen molar-refractivity contribution in [2.45, 2.75) is 32.4 Å². The van der Waals surface area contributed by atoms with E-state index in [4.69, 9.17) is 4.74 Å². The molecule has 2 aromatic rings. The van der Waals surface area contributed by atoms with E-state index in [-0.39, 0.29) is 18.0 Å². The Hall–Kier alpha value is -1.87. The molecule has 3 heteroatoms. The van der Waals surface area contributed by atoms with Gasteiger partial charge in [0.2, 0.25) is 0 Å². The van der Waals surface area contributed by atoms with Crippen molar-refractivity contribution in [3.05, 3.63) is 64.5 Å². The van der Waals surface area contributed by atoms with Crippen molar-refractivity contribution in [2.75, 3.05) is 7.05 Å². The van der Waals surface area contributed by atoms with Crippen molar-refractivity contribution in [1.29, 1.82) is 0 Å². The molecule has 0 aromatic heterocycles. The summed E-state index contributed by atoms with van der Waals surface area (Å²) in [6.07, 6.45) is 0.802. The van der Waals surface area contributed by atoms with Crippen molar-refractivity contribution in [3.8, 4) is 5.75 Å². The standard InChI is InChI=1S/C18H20FNO/c1-11-4-6-14(12(2)8-11)18-10-16(20-3)15-7-5-13(19)9-17(15)21-18/h4-9,16,18,20H,10H2,1-3H3. The number of benzene rings is 2. The highest BCUT2D eigenvalue weighted by Gasteiger charge is 2.29. The van der Waals surface area contributed by atoms with Crippen molar-refractivity contribution < 1.29 is 9.13 Å². The fraction of sp³-hybridized carbons (Fsp3) is 0.333. The molecule has 0 aliphatic carbocycles. The van der Waals surface area contributed by atoms with Crippen LogP contribution in [0, 0.1) is 19.7 Å². The molecule has 0 bridgehead atoms. The second kappa shape index (κ2) is 5.49. The predicted molar refractivity (Wildman–Crippen MR) is 82.1 cm³/mol. The van der Waals surface area contributed by atoms with E-state index in [0.717, 1.165) is 12.0 Å². The maximum Gasteiger partial charge on any atom is 0.127 e. The van der Waals surface area contributed by atoms with Crippen molar-refractivity contribution in [2.24, 2.45) is 0 Å². The van der Waals surface area contributed by atoms with Crippen LogP contribution in [0.3, 0.4) is 0 Å². The Morgan fingerprint density at radius 1 is 1.10 bits per heavy atom. The highest BCUT2D eigenvalue weighted by molar-refractivity contribution is 5.41. The van der Waals surface area contributed by atoms with Gasteiger partial charge in [-0.1, -0.05) is 29.8 Å². The Balaban J connectivity index is 1.99. The van der Waals surface area contributed by atoms with Gasteiger partial charge in [0.15, 0.2) is 0 Å². The molecule has 0 radical (unpaired) electrons. The molecule has 1 heterocycles. The summed E-state index contributed by atoms with van der Waals surface area (Å²) in [5, 5.41) is 3.31. The monoisotopic (exact) mass is 285 g/mol. The number of halogens is 1. The van der Waals surface area contributed by atoms with Gasteiger partial charge in [0, 0.05) is 24.1 Å². The van der Waals surface area contributed by atoms with Crippen LogP contribution < -0.4 is 10.1 Å². The van der Waals surface area contributed by atoms with Gasteiger partial charge in [-0.05, 0) is 38.1 Å². The minimum absolute atomic E-state index is 0.0441. The van der Waals surface area contributed by atoms with E-state index in [9.17, 15) is 4.39 Å². The van der Waals surface area contributed by atoms with Crippen LogP contribution in [-0.2, 0) is 0 Å². The quantitative estimate of drug-likeness (QED) is 0.891. The van der Waals surface area contributed by atoms with E-state index >= 15 is 0 Å². The van der Waals surface area contributed by atoms with Gasteiger partial charge in [-0.3, -0.25) is 0 Å². The van der Waals surface area contributed by atoms with Crippen LogP contribution in [0.25, 0.3) is 0 Å². The molecule has 1 aliphatic rings. The molecular formula is C18H20FNO. The van der Waals surface area contributed by atoms with Crippen molar-refractivity contribution in [3.63, 3.8) is 0 Å². The van der Waals surface area contributed by atoms with Crippen LogP contribution in [-0.4, -0.2) is 7.05 Å². The molecule has 1 N–H and O–H groups in total. The van der Waals surface area contributed by atoms with Gasteiger partial charge in [-0.2, -0.15) is 0 Å². The largest absolute Gasteiger partial charge is 0.485 e. The maximum atomic E-state index is 13.5. The average Bonchev–Trinajstić information content (AvgIpc) is 2.45. The lowest BCUT2D eigenvalue weighted by Gasteiger charge is -2.33. The van der Waals surface area contributed by atoms with E-state index in [0.29, 0.717) is 5.75 Å². The van der Waals surface area contributed by atoms with E-state index in [1.54, 1.807) is 0 Å². The summed E-state index contributed by atoms with van der Waals surface area (Å²) >= 11 is 0. The number of fused-ring (bicyclic) bond motifs is 1. The van der Waals surface area contributed by atoms with Gasteiger partial charge in [0.05, 0.1) is 0 Å². The number of aryl methyl sites for hydroxylation is 2. The summed E-state index contributed by atoms with van der Waals surface area (Å²) in [5.74, 6) is 0.385. The second-order valence-electron chi connectivity index (χ2n) is 5.73. The van der Waals surface area contributed by atoms with Gasteiger partial charge in [0.1, 0.15) is 17.7 Å². The Morgan fingerprint density at radius 3 is 2.57 bits per heavy atom. The molecule has 0 spiro atoms. The molecule has 0 fully saturated rings. The van der Waals surface area contributed by atoms with Crippen LogP contribution in [0.15, 0.2) is 36.4 Å². The fourth-order valence-electron chi connectivity index (χ4n) is 3.09. The minimum Gasteiger partial charge on any atom is -0.485 e. The molecule has 2 unspecified atom stereocenters. The topological polar surface area (TPSA) is 21.3 Å². The van der Waals surface area contributed by atoms with Crippen LogP contribution >= 0.6 is 0 Å². The number of hydrogen-bond acceptors (Lipinski definition) is 2. The zero-order chi connectivity index (χ0) is 15.0. The first-order valence-electron chi connectivity index (χ1n) is 7.29. The van der Waals surface area contributed by atoms with Gasteiger partial charge in [0.25, 0.3) is 0 Å². The first-order valence-corrected chi connectivity index (χ1v) is 7.29. The molecule has 2 atom stereocenters. The van der Waals surface area contributed by atoms with Crippen LogP contribution in [0.2, 0.25) is 0 Å². The summed E-state index contributed by atoms with van der Waals surface area (Å²) in [6, 6.07) is 11.3. The zero-order valence-electron chi connectivity index (χ0n) is 12.6. The Morgan fingerprint density at radius 2 is 1.86 bits per heavy atom. The van der Waals surface area contributed by atoms with Gasteiger partial charge in [-0.25, -0.2) is 4.39 Å². The molecular weight excluding hydrogens is 265 g/mol. The highest BCUT2D eigenvalue weighted by Crippen LogP contribution is 2.41. The van der Waals surface area contributed by atoms with Crippen molar-refractivity contribution in [1.82, 2.24) is 5.32 Å². The SMILES string of the molecule is CNC1CC(c2ccc(C)cc2C)Oc2cc(F)ccc21. The molecule has 0 saturated carbocycles. The molecule has 110 valence electrons. The lowest BCUT2D eigenvalue weighted by Crippen LogP contribution is -2.27. The summed E-state index contributed by atoms with van der Waals surface area (Å²) in [6.45, 7) is 4.18. The third-order valence-corrected chi connectivity index (χ3v) is 4.19. The lowest BCUT2D eigenvalue weighted by atomic mass is 9.90. The Labute approximate surface area is 125 Å². The molecule has 1 aliphatic heterocycles. The normalized spacial score (nSPS) is 20.8. The number of nitrogens with one attached hydrogen (secondary N) is 1. The van der Waals surface area contributed by atoms with Gasteiger partial charge >= 0.3 is 0 Å². The Kier molecular flexibility index (Phi) is 3.68. The first-order chi connectivity index (χ1) is 10.1. The molecule has 0 saturated heterocycles. The third kappa shape index (κ3) is 2.66.